The smallest absolute Gasteiger partial charge is 0.323 e. The first-order chi connectivity index (χ1) is 20.1. The summed E-state index contributed by atoms with van der Waals surface area (Å²) in [5.41, 5.74) is 10.4. The van der Waals surface area contributed by atoms with Crippen molar-refractivity contribution in [3.8, 4) is 5.75 Å². The average molecular weight is 592 g/mol. The number of nitrogens with two attached hydrogens (primary N) is 1. The number of allylic oxidation sites excluding steroid dienone is 1. The molecule has 1 saturated heterocycles. The third kappa shape index (κ3) is 9.40. The molecule has 0 radical (unpaired) electrons. The normalized spacial score (nSPS) is 15.0. The highest BCUT2D eigenvalue weighted by atomic mass is 32.2. The minimum Gasteiger partial charge on any atom is -0.492 e. The number of rotatable bonds is 9. The molecule has 1 fully saturated rings. The number of amidine groups is 1. The van der Waals surface area contributed by atoms with Gasteiger partial charge >= 0.3 is 6.03 Å². The summed E-state index contributed by atoms with van der Waals surface area (Å²) >= 11 is 1.41. The van der Waals surface area contributed by atoms with Gasteiger partial charge in [-0.15, -0.1) is 0 Å². The number of morpholine rings is 1. The number of aryl methyl sites for hydroxylation is 1. The van der Waals surface area contributed by atoms with Crippen molar-refractivity contribution in [2.24, 2.45) is 10.7 Å². The molecule has 0 aliphatic carbocycles. The van der Waals surface area contributed by atoms with E-state index in [0.29, 0.717) is 23.1 Å². The van der Waals surface area contributed by atoms with Gasteiger partial charge in [-0.05, 0) is 54.8 Å². The standard InChI is InChI=1S/C32H41N5O4S/c1-22-6-11-27(40-17-14-37-12-15-39-16-13-37)19-28(22)42-30(33)34-20-23(2)24-7-9-25(10-8-24)35-31(38)36-26-18-29(41-21-26)32(3,4)5/h6-11,18-21H,12-17H2,1-5H3,(H2,33,34)(H2,35,36,38)/b23-20+. The number of hydrogen-bond acceptors (Lipinski definition) is 7. The molecule has 0 unspecified atom stereocenters. The van der Waals surface area contributed by atoms with E-state index in [-0.39, 0.29) is 11.4 Å². The third-order valence-corrected chi connectivity index (χ3v) is 7.71. The predicted octanol–water partition coefficient (Wildman–Crippen LogP) is 6.71. The molecule has 2 amide bonds. The number of nitrogens with zero attached hydrogens (tertiary/aromatic N) is 2. The van der Waals surface area contributed by atoms with E-state index in [4.69, 9.17) is 19.6 Å². The third-order valence-electron chi connectivity index (χ3n) is 6.73. The van der Waals surface area contributed by atoms with Gasteiger partial charge in [0.05, 0.1) is 18.9 Å². The Bertz CT molecular complexity index is 1400. The van der Waals surface area contributed by atoms with Gasteiger partial charge in [-0.25, -0.2) is 9.79 Å². The number of thioether (sulfide) groups is 1. The second-order valence-corrected chi connectivity index (χ2v) is 12.3. The number of ether oxygens (including phenoxy) is 2. The Kier molecular flexibility index (Phi) is 10.7. The maximum absolute atomic E-state index is 12.4. The number of carbonyl (C=O) groups excluding carboxylic acids is 1. The number of nitrogens with one attached hydrogen (secondary N) is 2. The molecule has 4 N–H and O–H groups in total. The number of aliphatic imine (C=N–C) groups is 1. The highest BCUT2D eigenvalue weighted by Crippen LogP contribution is 2.28. The van der Waals surface area contributed by atoms with Crippen molar-refractivity contribution in [1.82, 2.24) is 4.90 Å². The van der Waals surface area contributed by atoms with Gasteiger partial charge in [0.1, 0.15) is 24.4 Å². The molecule has 1 aliphatic heterocycles. The van der Waals surface area contributed by atoms with Crippen LogP contribution in [0.5, 0.6) is 5.75 Å². The summed E-state index contributed by atoms with van der Waals surface area (Å²) < 4.78 is 17.0. The first-order valence-electron chi connectivity index (χ1n) is 14.1. The molecule has 42 heavy (non-hydrogen) atoms. The zero-order chi connectivity index (χ0) is 30.1. The van der Waals surface area contributed by atoms with E-state index in [1.54, 1.807) is 12.5 Å². The Morgan fingerprint density at radius 1 is 1.10 bits per heavy atom. The number of carbonyl (C=O) groups is 1. The van der Waals surface area contributed by atoms with Crippen LogP contribution in [0.1, 0.15) is 44.6 Å². The Morgan fingerprint density at radius 2 is 1.81 bits per heavy atom. The Hall–Kier alpha value is -3.73. The van der Waals surface area contributed by atoms with Crippen LogP contribution in [-0.2, 0) is 10.2 Å². The van der Waals surface area contributed by atoms with Crippen LogP contribution in [0.4, 0.5) is 16.2 Å². The molecule has 9 nitrogen and oxygen atoms in total. The van der Waals surface area contributed by atoms with E-state index < -0.39 is 0 Å². The molecule has 10 heteroatoms. The van der Waals surface area contributed by atoms with E-state index in [2.05, 4.69) is 41.3 Å². The number of hydrogen-bond donors (Lipinski definition) is 3. The summed E-state index contributed by atoms with van der Waals surface area (Å²) in [5, 5.41) is 6.08. The van der Waals surface area contributed by atoms with Crippen LogP contribution in [0.3, 0.4) is 0 Å². The first kappa shape index (κ1) is 31.2. The first-order valence-corrected chi connectivity index (χ1v) is 14.9. The van der Waals surface area contributed by atoms with Crippen molar-refractivity contribution in [1.29, 1.82) is 0 Å². The van der Waals surface area contributed by atoms with Gasteiger partial charge in [0, 0.05) is 47.9 Å². The van der Waals surface area contributed by atoms with Crippen LogP contribution >= 0.6 is 11.8 Å². The molecule has 224 valence electrons. The summed E-state index contributed by atoms with van der Waals surface area (Å²) in [6, 6.07) is 15.1. The molecule has 4 rings (SSSR count). The largest absolute Gasteiger partial charge is 0.492 e. The van der Waals surface area contributed by atoms with Gasteiger partial charge in [0.15, 0.2) is 5.17 Å². The lowest BCUT2D eigenvalue weighted by atomic mass is 9.93. The number of anilines is 2. The molecule has 3 aromatic rings. The quantitative estimate of drug-likeness (QED) is 0.144. The zero-order valence-electron chi connectivity index (χ0n) is 25.0. The van der Waals surface area contributed by atoms with Crippen molar-refractivity contribution >= 4 is 39.9 Å². The van der Waals surface area contributed by atoms with Gasteiger partial charge in [0.25, 0.3) is 0 Å². The molecule has 1 aromatic heterocycles. The maximum Gasteiger partial charge on any atom is 0.323 e. The van der Waals surface area contributed by atoms with Gasteiger partial charge in [-0.3, -0.25) is 4.90 Å². The van der Waals surface area contributed by atoms with Gasteiger partial charge < -0.3 is 30.3 Å². The fraction of sp³-hybridized carbons (Fsp3) is 0.375. The predicted molar refractivity (Wildman–Crippen MR) is 172 cm³/mol. The van der Waals surface area contributed by atoms with Crippen LogP contribution in [0.2, 0.25) is 0 Å². The molecule has 2 heterocycles. The number of benzene rings is 2. The summed E-state index contributed by atoms with van der Waals surface area (Å²) in [6.45, 7) is 15.1. The number of amides is 2. The van der Waals surface area contributed by atoms with E-state index >= 15 is 0 Å². The van der Waals surface area contributed by atoms with Crippen LogP contribution in [0.25, 0.3) is 5.57 Å². The van der Waals surface area contributed by atoms with Crippen LogP contribution in [0, 0.1) is 6.92 Å². The molecule has 1 aliphatic rings. The van der Waals surface area contributed by atoms with E-state index in [9.17, 15) is 4.79 Å². The monoisotopic (exact) mass is 591 g/mol. The highest BCUT2D eigenvalue weighted by Gasteiger charge is 2.19. The summed E-state index contributed by atoms with van der Waals surface area (Å²) in [5.74, 6) is 1.62. The highest BCUT2D eigenvalue weighted by molar-refractivity contribution is 8.13. The Balaban J connectivity index is 1.28. The van der Waals surface area contributed by atoms with Crippen molar-refractivity contribution in [3.63, 3.8) is 0 Å². The van der Waals surface area contributed by atoms with Crippen molar-refractivity contribution in [2.75, 3.05) is 50.1 Å². The lowest BCUT2D eigenvalue weighted by Gasteiger charge is -2.26. The maximum atomic E-state index is 12.4. The van der Waals surface area contributed by atoms with Crippen LogP contribution in [0.15, 0.2) is 75.3 Å². The van der Waals surface area contributed by atoms with Crippen LogP contribution < -0.4 is 21.1 Å². The van der Waals surface area contributed by atoms with E-state index in [0.717, 1.165) is 66.0 Å². The molecule has 2 aromatic carbocycles. The molecule has 0 atom stereocenters. The minimum atomic E-state index is -0.340. The van der Waals surface area contributed by atoms with Crippen molar-refractivity contribution in [2.45, 2.75) is 44.9 Å². The van der Waals surface area contributed by atoms with Gasteiger partial charge in [0.2, 0.25) is 0 Å². The molecule has 0 bridgehead atoms. The number of urea groups is 1. The Morgan fingerprint density at radius 3 is 2.50 bits per heavy atom. The SMILES string of the molecule is C/C(=C\N=C(N)Sc1cc(OCCN2CCOCC2)ccc1C)c1ccc(NC(=O)Nc2coc(C(C)(C)C)c2)cc1. The average Bonchev–Trinajstić information content (AvgIpc) is 3.43. The summed E-state index contributed by atoms with van der Waals surface area (Å²) in [4.78, 5) is 20.3. The second-order valence-electron chi connectivity index (χ2n) is 11.2. The zero-order valence-corrected chi connectivity index (χ0v) is 25.8. The number of furan rings is 1. The molecule has 0 saturated carbocycles. The fourth-order valence-electron chi connectivity index (χ4n) is 4.18. The van der Waals surface area contributed by atoms with Gasteiger partial charge in [-0.2, -0.15) is 0 Å². The lowest BCUT2D eigenvalue weighted by Crippen LogP contribution is -2.38. The molecular formula is C32H41N5O4S. The second kappa shape index (κ2) is 14.4. The van der Waals surface area contributed by atoms with E-state index in [1.807, 2.05) is 62.4 Å². The Labute approximate surface area is 252 Å². The summed E-state index contributed by atoms with van der Waals surface area (Å²) in [6.07, 6.45) is 3.29. The minimum absolute atomic E-state index is 0.132. The van der Waals surface area contributed by atoms with Crippen molar-refractivity contribution < 1.29 is 18.7 Å². The summed E-state index contributed by atoms with van der Waals surface area (Å²) in [7, 11) is 0. The van der Waals surface area contributed by atoms with Crippen LogP contribution in [-0.4, -0.2) is 55.6 Å². The fourth-order valence-corrected chi connectivity index (χ4v) is 4.91. The molecular weight excluding hydrogens is 550 g/mol. The van der Waals surface area contributed by atoms with E-state index in [1.165, 1.54) is 11.8 Å². The van der Waals surface area contributed by atoms with Crippen molar-refractivity contribution in [3.05, 3.63) is 77.9 Å². The topological polar surface area (TPSA) is 114 Å². The lowest BCUT2D eigenvalue weighted by molar-refractivity contribution is 0.0322. The molecule has 0 spiro atoms. The van der Waals surface area contributed by atoms with Gasteiger partial charge in [-0.1, -0.05) is 50.7 Å².